The van der Waals surface area contributed by atoms with Gasteiger partial charge in [-0.05, 0) is 0 Å². The van der Waals surface area contributed by atoms with Crippen molar-refractivity contribution in [2.75, 3.05) is 24.3 Å². The zero-order valence-electron chi connectivity index (χ0n) is 7.26. The number of hydrogen-bond acceptors (Lipinski definition) is 5. The summed E-state index contributed by atoms with van der Waals surface area (Å²) < 4.78 is 21.4. The molecular weight excluding hydrogens is 214 g/mol. The number of aliphatic carboxylic acids is 1. The van der Waals surface area contributed by atoms with E-state index in [1.807, 2.05) is 0 Å². The summed E-state index contributed by atoms with van der Waals surface area (Å²) in [6.45, 7) is 0.0176. The van der Waals surface area contributed by atoms with Crippen molar-refractivity contribution < 1.29 is 18.3 Å². The molecule has 5 nitrogen and oxygen atoms in total. The van der Waals surface area contributed by atoms with Gasteiger partial charge in [-0.1, -0.05) is 0 Å². The summed E-state index contributed by atoms with van der Waals surface area (Å²) in [6, 6.07) is 0. The number of carbonyl (C=O) groups is 1. The van der Waals surface area contributed by atoms with E-state index >= 15 is 0 Å². The molecule has 1 unspecified atom stereocenters. The van der Waals surface area contributed by atoms with Gasteiger partial charge >= 0.3 is 5.97 Å². The molecule has 0 fully saturated rings. The van der Waals surface area contributed by atoms with Gasteiger partial charge in [0.05, 0.1) is 5.75 Å². The van der Waals surface area contributed by atoms with E-state index in [0.29, 0.717) is 0 Å². The largest absolute Gasteiger partial charge is 0.480 e. The van der Waals surface area contributed by atoms with Crippen LogP contribution in [0.4, 0.5) is 0 Å². The molecule has 0 radical (unpaired) electrons. The molecule has 3 N–H and O–H groups in total. The Morgan fingerprint density at radius 1 is 1.62 bits per heavy atom. The summed E-state index contributed by atoms with van der Waals surface area (Å²) in [5.74, 6) is -0.741. The highest BCUT2D eigenvalue weighted by Crippen LogP contribution is 2.10. The van der Waals surface area contributed by atoms with E-state index in [-0.39, 0.29) is 18.1 Å². The maximum absolute atomic E-state index is 10.7. The fourth-order valence-electron chi connectivity index (χ4n) is 0.582. The third-order valence-electron chi connectivity index (χ3n) is 1.26. The summed E-state index contributed by atoms with van der Waals surface area (Å²) in [5, 5.41) is 7.85. The highest BCUT2D eigenvalue weighted by atomic mass is 32.2. The molecule has 7 heteroatoms. The van der Waals surface area contributed by atoms with Gasteiger partial charge in [-0.15, -0.1) is 11.8 Å². The van der Waals surface area contributed by atoms with Crippen LogP contribution in [0.25, 0.3) is 0 Å². The number of thioether (sulfide) groups is 1. The van der Waals surface area contributed by atoms with Crippen LogP contribution in [0.3, 0.4) is 0 Å². The first-order chi connectivity index (χ1) is 5.87. The molecule has 0 aliphatic carbocycles. The summed E-state index contributed by atoms with van der Waals surface area (Å²) in [4.78, 5) is 10.4. The molecule has 0 aliphatic rings. The third kappa shape index (κ3) is 6.85. The lowest BCUT2D eigenvalue weighted by atomic mass is 10.4. The van der Waals surface area contributed by atoms with Crippen LogP contribution in [0, 0.1) is 0 Å². The Bertz CT molecular complexity index is 262. The van der Waals surface area contributed by atoms with Crippen LogP contribution in [-0.2, 0) is 14.6 Å². The van der Waals surface area contributed by atoms with Crippen molar-refractivity contribution in [3.05, 3.63) is 0 Å². The van der Waals surface area contributed by atoms with Gasteiger partial charge in [0.1, 0.15) is 15.1 Å². The number of nitrogens with two attached hydrogens (primary N) is 1. The highest BCUT2D eigenvalue weighted by Gasteiger charge is 2.16. The minimum Gasteiger partial charge on any atom is -0.480 e. The van der Waals surface area contributed by atoms with Gasteiger partial charge < -0.3 is 10.8 Å². The molecule has 0 aromatic rings. The second-order valence-electron chi connectivity index (χ2n) is 2.56. The van der Waals surface area contributed by atoms with Gasteiger partial charge in [0.25, 0.3) is 0 Å². The number of hydrogen-bond donors (Lipinski definition) is 2. The number of sulfone groups is 1. The predicted molar refractivity (Wildman–Crippen MR) is 52.6 cm³/mol. The van der Waals surface area contributed by atoms with E-state index in [2.05, 4.69) is 0 Å². The smallest absolute Gasteiger partial charge is 0.317 e. The van der Waals surface area contributed by atoms with Crippen LogP contribution in [0.15, 0.2) is 0 Å². The Kier molecular flexibility index (Phi) is 5.34. The van der Waals surface area contributed by atoms with E-state index in [1.54, 1.807) is 0 Å². The first-order valence-electron chi connectivity index (χ1n) is 3.59. The zero-order chi connectivity index (χ0) is 10.5. The fourth-order valence-corrected chi connectivity index (χ4v) is 2.74. The maximum atomic E-state index is 10.7. The first-order valence-corrected chi connectivity index (χ1v) is 6.70. The van der Waals surface area contributed by atoms with Crippen molar-refractivity contribution in [3.8, 4) is 0 Å². The molecule has 0 heterocycles. The third-order valence-corrected chi connectivity index (χ3v) is 3.70. The fraction of sp³-hybridized carbons (Fsp3) is 0.833. The SMILES string of the molecule is CS(=O)(=O)CCSC(CN)C(=O)O. The average molecular weight is 227 g/mol. The van der Waals surface area contributed by atoms with Crippen molar-refractivity contribution in [1.29, 1.82) is 0 Å². The molecule has 0 bridgehead atoms. The normalized spacial score (nSPS) is 14.0. The molecule has 0 rings (SSSR count). The second kappa shape index (κ2) is 5.46. The van der Waals surface area contributed by atoms with Gasteiger partial charge in [-0.2, -0.15) is 0 Å². The van der Waals surface area contributed by atoms with E-state index in [9.17, 15) is 13.2 Å². The Balaban J connectivity index is 3.81. The first kappa shape index (κ1) is 12.7. The van der Waals surface area contributed by atoms with E-state index in [1.165, 1.54) is 0 Å². The lowest BCUT2D eigenvalue weighted by Gasteiger charge is -2.07. The van der Waals surface area contributed by atoms with Crippen molar-refractivity contribution in [2.24, 2.45) is 5.73 Å². The Morgan fingerprint density at radius 2 is 2.15 bits per heavy atom. The number of carboxylic acids is 1. The van der Waals surface area contributed by atoms with Gasteiger partial charge in [-0.25, -0.2) is 8.42 Å². The highest BCUT2D eigenvalue weighted by molar-refractivity contribution is 8.01. The number of carboxylic acid groups (broad SMARTS) is 1. The molecule has 0 spiro atoms. The summed E-state index contributed by atoms with van der Waals surface area (Å²) >= 11 is 1.05. The number of rotatable bonds is 6. The molecule has 13 heavy (non-hydrogen) atoms. The standard InChI is InChI=1S/C6H13NO4S2/c1-13(10,11)3-2-12-5(4-7)6(8)9/h5H,2-4,7H2,1H3,(H,8,9). The molecule has 0 amide bonds. The van der Waals surface area contributed by atoms with Crippen LogP contribution in [0.5, 0.6) is 0 Å². The minimum atomic E-state index is -3.01. The van der Waals surface area contributed by atoms with E-state index in [4.69, 9.17) is 10.8 Å². The molecule has 0 aromatic heterocycles. The van der Waals surface area contributed by atoms with Crippen molar-refractivity contribution in [3.63, 3.8) is 0 Å². The van der Waals surface area contributed by atoms with Gasteiger partial charge in [0, 0.05) is 18.6 Å². The van der Waals surface area contributed by atoms with Gasteiger partial charge in [0.15, 0.2) is 0 Å². The molecule has 78 valence electrons. The summed E-state index contributed by atoms with van der Waals surface area (Å²) in [5.41, 5.74) is 5.17. The predicted octanol–water partition coefficient (Wildman–Crippen LogP) is -0.824. The zero-order valence-corrected chi connectivity index (χ0v) is 8.90. The van der Waals surface area contributed by atoms with E-state index < -0.39 is 21.1 Å². The average Bonchev–Trinajstić information content (AvgIpc) is 1.95. The van der Waals surface area contributed by atoms with Crippen molar-refractivity contribution >= 4 is 27.6 Å². The molecule has 0 aromatic carbocycles. The molecule has 1 atom stereocenters. The lowest BCUT2D eigenvalue weighted by Crippen LogP contribution is -2.27. The molecule has 0 saturated carbocycles. The van der Waals surface area contributed by atoms with Crippen molar-refractivity contribution in [1.82, 2.24) is 0 Å². The van der Waals surface area contributed by atoms with Crippen LogP contribution >= 0.6 is 11.8 Å². The molecule has 0 saturated heterocycles. The second-order valence-corrected chi connectivity index (χ2v) is 6.13. The van der Waals surface area contributed by atoms with E-state index in [0.717, 1.165) is 18.0 Å². The topological polar surface area (TPSA) is 97.5 Å². The van der Waals surface area contributed by atoms with Crippen LogP contribution in [-0.4, -0.2) is 49.0 Å². The molecule has 0 aliphatic heterocycles. The Morgan fingerprint density at radius 3 is 2.46 bits per heavy atom. The van der Waals surface area contributed by atoms with Crippen molar-refractivity contribution in [2.45, 2.75) is 5.25 Å². The van der Waals surface area contributed by atoms with Crippen LogP contribution in [0.1, 0.15) is 0 Å². The maximum Gasteiger partial charge on any atom is 0.317 e. The lowest BCUT2D eigenvalue weighted by molar-refractivity contribution is -0.136. The summed E-state index contributed by atoms with van der Waals surface area (Å²) in [7, 11) is -3.01. The van der Waals surface area contributed by atoms with Gasteiger partial charge in [-0.3, -0.25) is 4.79 Å². The summed E-state index contributed by atoms with van der Waals surface area (Å²) in [6.07, 6.45) is 1.12. The van der Waals surface area contributed by atoms with Crippen LogP contribution < -0.4 is 5.73 Å². The Labute approximate surface area is 81.6 Å². The van der Waals surface area contributed by atoms with Gasteiger partial charge in [0.2, 0.25) is 0 Å². The monoisotopic (exact) mass is 227 g/mol. The minimum absolute atomic E-state index is 0.0125. The molecular formula is C6H13NO4S2. The Hall–Kier alpha value is -0.270. The van der Waals surface area contributed by atoms with Crippen LogP contribution in [0.2, 0.25) is 0 Å². The quantitative estimate of drug-likeness (QED) is 0.615.